The first-order valence-electron chi connectivity index (χ1n) is 6.45. The zero-order valence-corrected chi connectivity index (χ0v) is 11.5. The lowest BCUT2D eigenvalue weighted by atomic mass is 10.1. The van der Waals surface area contributed by atoms with E-state index in [4.69, 9.17) is 11.6 Å². The Labute approximate surface area is 117 Å². The standard InChI is InChI=1S/C16H15ClFN/c1-10-9-11(17)5-7-15(10)19-16-8-6-12-13(16)3-2-4-14(12)18/h2-5,7,9,16,19H,6,8H2,1H3. The maximum Gasteiger partial charge on any atom is 0.126 e. The average Bonchev–Trinajstić information content (AvgIpc) is 2.78. The van der Waals surface area contributed by atoms with Crippen molar-refractivity contribution < 1.29 is 4.39 Å². The van der Waals surface area contributed by atoms with Gasteiger partial charge in [0.25, 0.3) is 0 Å². The van der Waals surface area contributed by atoms with Gasteiger partial charge in [-0.3, -0.25) is 0 Å². The van der Waals surface area contributed by atoms with Crippen molar-refractivity contribution in [2.24, 2.45) is 0 Å². The van der Waals surface area contributed by atoms with Crippen molar-refractivity contribution in [2.45, 2.75) is 25.8 Å². The highest BCUT2D eigenvalue weighted by atomic mass is 35.5. The van der Waals surface area contributed by atoms with Crippen LogP contribution >= 0.6 is 11.6 Å². The van der Waals surface area contributed by atoms with E-state index in [1.165, 1.54) is 6.07 Å². The van der Waals surface area contributed by atoms with Gasteiger partial charge in [-0.1, -0.05) is 23.7 Å². The van der Waals surface area contributed by atoms with E-state index < -0.39 is 0 Å². The van der Waals surface area contributed by atoms with Crippen LogP contribution in [0, 0.1) is 12.7 Å². The smallest absolute Gasteiger partial charge is 0.126 e. The molecule has 1 N–H and O–H groups in total. The fraction of sp³-hybridized carbons (Fsp3) is 0.250. The van der Waals surface area contributed by atoms with Gasteiger partial charge in [-0.2, -0.15) is 0 Å². The molecule has 0 aliphatic heterocycles. The van der Waals surface area contributed by atoms with Gasteiger partial charge < -0.3 is 5.32 Å². The van der Waals surface area contributed by atoms with Crippen molar-refractivity contribution in [3.05, 3.63) is 63.9 Å². The topological polar surface area (TPSA) is 12.0 Å². The van der Waals surface area contributed by atoms with Gasteiger partial charge in [0, 0.05) is 10.7 Å². The molecule has 98 valence electrons. The molecule has 0 bridgehead atoms. The summed E-state index contributed by atoms with van der Waals surface area (Å²) in [5.41, 5.74) is 4.10. The Morgan fingerprint density at radius 3 is 2.89 bits per heavy atom. The van der Waals surface area contributed by atoms with E-state index in [9.17, 15) is 4.39 Å². The van der Waals surface area contributed by atoms with Crippen LogP contribution in [-0.2, 0) is 6.42 Å². The van der Waals surface area contributed by atoms with Gasteiger partial charge in [-0.25, -0.2) is 4.39 Å². The second-order valence-electron chi connectivity index (χ2n) is 5.00. The molecule has 0 heterocycles. The average molecular weight is 276 g/mol. The molecule has 3 rings (SSSR count). The molecule has 3 heteroatoms. The van der Waals surface area contributed by atoms with E-state index in [1.54, 1.807) is 6.07 Å². The molecule has 1 aliphatic rings. The molecule has 0 saturated carbocycles. The zero-order valence-electron chi connectivity index (χ0n) is 10.7. The van der Waals surface area contributed by atoms with Crippen LogP contribution in [0.1, 0.15) is 29.2 Å². The molecular formula is C16H15ClFN. The summed E-state index contributed by atoms with van der Waals surface area (Å²) in [4.78, 5) is 0. The van der Waals surface area contributed by atoms with Gasteiger partial charge >= 0.3 is 0 Å². The van der Waals surface area contributed by atoms with Crippen LogP contribution in [0.2, 0.25) is 5.02 Å². The lowest BCUT2D eigenvalue weighted by Crippen LogP contribution is -2.08. The third-order valence-electron chi connectivity index (χ3n) is 3.73. The first kappa shape index (κ1) is 12.5. The minimum atomic E-state index is -0.0883. The van der Waals surface area contributed by atoms with E-state index in [2.05, 4.69) is 5.32 Å². The Morgan fingerprint density at radius 1 is 1.26 bits per heavy atom. The van der Waals surface area contributed by atoms with E-state index in [0.717, 1.165) is 40.2 Å². The lowest BCUT2D eigenvalue weighted by Gasteiger charge is -2.17. The van der Waals surface area contributed by atoms with Crippen LogP contribution in [-0.4, -0.2) is 0 Å². The fourth-order valence-electron chi connectivity index (χ4n) is 2.74. The summed E-state index contributed by atoms with van der Waals surface area (Å²) >= 11 is 5.96. The van der Waals surface area contributed by atoms with Gasteiger partial charge in [0.1, 0.15) is 5.82 Å². The van der Waals surface area contributed by atoms with Crippen LogP contribution in [0.4, 0.5) is 10.1 Å². The molecule has 2 aromatic rings. The Bertz CT molecular complexity index is 624. The highest BCUT2D eigenvalue weighted by molar-refractivity contribution is 6.30. The number of aryl methyl sites for hydroxylation is 1. The van der Waals surface area contributed by atoms with Crippen LogP contribution in [0.25, 0.3) is 0 Å². The maximum absolute atomic E-state index is 13.7. The molecule has 1 aliphatic carbocycles. The number of benzene rings is 2. The lowest BCUT2D eigenvalue weighted by molar-refractivity contribution is 0.612. The minimum absolute atomic E-state index is 0.0883. The van der Waals surface area contributed by atoms with Crippen molar-refractivity contribution in [3.63, 3.8) is 0 Å². The van der Waals surface area contributed by atoms with Crippen LogP contribution in [0.5, 0.6) is 0 Å². The molecule has 1 nitrogen and oxygen atoms in total. The third-order valence-corrected chi connectivity index (χ3v) is 3.97. The van der Waals surface area contributed by atoms with Gasteiger partial charge in [0.2, 0.25) is 0 Å². The summed E-state index contributed by atoms with van der Waals surface area (Å²) in [6, 6.07) is 11.3. The second kappa shape index (κ2) is 4.86. The summed E-state index contributed by atoms with van der Waals surface area (Å²) in [5.74, 6) is -0.0883. The van der Waals surface area contributed by atoms with Crippen LogP contribution in [0.3, 0.4) is 0 Å². The Hall–Kier alpha value is -1.54. The minimum Gasteiger partial charge on any atom is -0.378 e. The van der Waals surface area contributed by atoms with E-state index in [-0.39, 0.29) is 11.9 Å². The fourth-order valence-corrected chi connectivity index (χ4v) is 2.96. The van der Waals surface area contributed by atoms with Gasteiger partial charge in [0.05, 0.1) is 6.04 Å². The molecule has 0 spiro atoms. The van der Waals surface area contributed by atoms with Crippen molar-refractivity contribution in [1.82, 2.24) is 0 Å². The predicted octanol–water partition coefficient (Wildman–Crippen LogP) is 4.89. The number of fused-ring (bicyclic) bond motifs is 1. The van der Waals surface area contributed by atoms with E-state index in [1.807, 2.05) is 31.2 Å². The monoisotopic (exact) mass is 275 g/mol. The molecule has 0 fully saturated rings. The molecule has 0 aromatic heterocycles. The number of rotatable bonds is 2. The Kier molecular flexibility index (Phi) is 3.19. The third kappa shape index (κ3) is 2.33. The number of halogens is 2. The van der Waals surface area contributed by atoms with Crippen molar-refractivity contribution >= 4 is 17.3 Å². The number of hydrogen-bond donors (Lipinski definition) is 1. The second-order valence-corrected chi connectivity index (χ2v) is 5.44. The van der Waals surface area contributed by atoms with Gasteiger partial charge in [-0.05, 0) is 60.7 Å². The van der Waals surface area contributed by atoms with Crippen molar-refractivity contribution in [2.75, 3.05) is 5.32 Å². The number of nitrogens with one attached hydrogen (secondary N) is 1. The molecule has 1 unspecified atom stereocenters. The van der Waals surface area contributed by atoms with Crippen LogP contribution in [0.15, 0.2) is 36.4 Å². The summed E-state index contributed by atoms with van der Waals surface area (Å²) in [6.07, 6.45) is 1.73. The highest BCUT2D eigenvalue weighted by Gasteiger charge is 2.24. The summed E-state index contributed by atoms with van der Waals surface area (Å²) in [5, 5.41) is 4.23. The molecule has 0 amide bonds. The van der Waals surface area contributed by atoms with Gasteiger partial charge in [0.15, 0.2) is 0 Å². The summed E-state index contributed by atoms with van der Waals surface area (Å²) in [7, 11) is 0. The predicted molar refractivity (Wildman–Crippen MR) is 77.3 cm³/mol. The quantitative estimate of drug-likeness (QED) is 0.823. The Morgan fingerprint density at radius 2 is 2.11 bits per heavy atom. The summed E-state index contributed by atoms with van der Waals surface area (Å²) in [6.45, 7) is 2.02. The SMILES string of the molecule is Cc1cc(Cl)ccc1NC1CCc2c(F)cccc21. The van der Waals surface area contributed by atoms with Crippen molar-refractivity contribution in [1.29, 1.82) is 0 Å². The maximum atomic E-state index is 13.7. The molecule has 0 saturated heterocycles. The Balaban J connectivity index is 1.89. The highest BCUT2D eigenvalue weighted by Crippen LogP contribution is 2.36. The van der Waals surface area contributed by atoms with Crippen molar-refractivity contribution in [3.8, 4) is 0 Å². The molecule has 19 heavy (non-hydrogen) atoms. The van der Waals surface area contributed by atoms with Crippen LogP contribution < -0.4 is 5.32 Å². The van der Waals surface area contributed by atoms with E-state index in [0.29, 0.717) is 0 Å². The molecule has 2 aromatic carbocycles. The number of anilines is 1. The first-order valence-corrected chi connectivity index (χ1v) is 6.83. The molecular weight excluding hydrogens is 261 g/mol. The first-order chi connectivity index (χ1) is 9.15. The normalized spacial score (nSPS) is 17.3. The van der Waals surface area contributed by atoms with E-state index >= 15 is 0 Å². The number of hydrogen-bond acceptors (Lipinski definition) is 1. The molecule has 1 atom stereocenters. The zero-order chi connectivity index (χ0) is 13.4. The molecule has 0 radical (unpaired) electrons. The largest absolute Gasteiger partial charge is 0.378 e. The summed E-state index contributed by atoms with van der Waals surface area (Å²) < 4.78 is 13.7. The van der Waals surface area contributed by atoms with Gasteiger partial charge in [-0.15, -0.1) is 0 Å².